The van der Waals surface area contributed by atoms with Crippen LogP contribution in [0, 0.1) is 16.0 Å². The molecule has 0 spiro atoms. The maximum Gasteiger partial charge on any atom is 0.313 e. The van der Waals surface area contributed by atoms with Crippen LogP contribution in [0.3, 0.4) is 0 Å². The van der Waals surface area contributed by atoms with Crippen LogP contribution >= 0.6 is 0 Å². The zero-order chi connectivity index (χ0) is 16.3. The number of likely N-dealkylation sites (N-methyl/N-ethyl adjacent to an activating group) is 1. The summed E-state index contributed by atoms with van der Waals surface area (Å²) >= 11 is 0. The molecule has 1 aromatic rings. The standard InChI is InChI=1S/C15H28N4O2/c1-8-16-11(6)12(9(2)3)14-15(19(20)21)13(10(4)5)17-18(14)7/h9-12,16H,8H2,1-7H3. The van der Waals surface area contributed by atoms with Gasteiger partial charge in [0.2, 0.25) is 0 Å². The smallest absolute Gasteiger partial charge is 0.313 e. The molecule has 1 N–H and O–H groups in total. The highest BCUT2D eigenvalue weighted by molar-refractivity contribution is 5.45. The van der Waals surface area contributed by atoms with Gasteiger partial charge in [0.05, 0.1) is 4.92 Å². The van der Waals surface area contributed by atoms with Crippen molar-refractivity contribution in [3.8, 4) is 0 Å². The van der Waals surface area contributed by atoms with Gasteiger partial charge in [0, 0.05) is 24.9 Å². The third-order valence-electron chi connectivity index (χ3n) is 3.92. The first-order valence-corrected chi connectivity index (χ1v) is 7.66. The second-order valence-electron chi connectivity index (χ2n) is 6.27. The Morgan fingerprint density at radius 3 is 2.24 bits per heavy atom. The first-order chi connectivity index (χ1) is 9.72. The SMILES string of the molecule is CCNC(C)C(c1c([N+](=O)[O-])c(C(C)C)nn1C)C(C)C. The van der Waals surface area contributed by atoms with Crippen molar-refractivity contribution in [2.75, 3.05) is 6.54 Å². The summed E-state index contributed by atoms with van der Waals surface area (Å²) in [5.41, 5.74) is 1.50. The Kier molecular flexibility index (Phi) is 5.89. The third-order valence-corrected chi connectivity index (χ3v) is 3.92. The molecule has 0 amide bonds. The molecule has 0 saturated carbocycles. The number of aromatic nitrogens is 2. The summed E-state index contributed by atoms with van der Waals surface area (Å²) in [4.78, 5) is 11.3. The van der Waals surface area contributed by atoms with Crippen molar-refractivity contribution < 1.29 is 4.92 Å². The van der Waals surface area contributed by atoms with Gasteiger partial charge in [-0.25, -0.2) is 0 Å². The summed E-state index contributed by atoms with van der Waals surface area (Å²) in [7, 11) is 1.81. The van der Waals surface area contributed by atoms with E-state index in [2.05, 4.69) is 31.2 Å². The van der Waals surface area contributed by atoms with E-state index < -0.39 is 0 Å². The van der Waals surface area contributed by atoms with Crippen LogP contribution in [0.15, 0.2) is 0 Å². The van der Waals surface area contributed by atoms with Crippen LogP contribution in [0.5, 0.6) is 0 Å². The van der Waals surface area contributed by atoms with Crippen molar-refractivity contribution in [3.05, 3.63) is 21.5 Å². The lowest BCUT2D eigenvalue weighted by Crippen LogP contribution is -2.35. The quantitative estimate of drug-likeness (QED) is 0.619. The number of nitrogens with zero attached hydrogens (tertiary/aromatic N) is 3. The van der Waals surface area contributed by atoms with Crippen LogP contribution < -0.4 is 5.32 Å². The molecule has 1 aromatic heterocycles. The average molecular weight is 296 g/mol. The van der Waals surface area contributed by atoms with E-state index >= 15 is 0 Å². The van der Waals surface area contributed by atoms with E-state index in [9.17, 15) is 10.1 Å². The number of aryl methyl sites for hydroxylation is 1. The van der Waals surface area contributed by atoms with Crippen molar-refractivity contribution in [2.24, 2.45) is 13.0 Å². The van der Waals surface area contributed by atoms with Gasteiger partial charge < -0.3 is 5.32 Å². The Morgan fingerprint density at radius 1 is 1.29 bits per heavy atom. The Labute approximate surface area is 127 Å². The lowest BCUT2D eigenvalue weighted by Gasteiger charge is -2.27. The molecule has 0 aliphatic heterocycles. The minimum absolute atomic E-state index is 0.0348. The summed E-state index contributed by atoms with van der Waals surface area (Å²) in [6, 6.07) is 0.157. The number of hydrogen-bond acceptors (Lipinski definition) is 4. The van der Waals surface area contributed by atoms with E-state index in [1.807, 2.05) is 27.8 Å². The molecule has 6 nitrogen and oxygen atoms in total. The fraction of sp³-hybridized carbons (Fsp3) is 0.800. The number of nitro groups is 1. The molecule has 0 fully saturated rings. The Bertz CT molecular complexity index is 494. The summed E-state index contributed by atoms with van der Waals surface area (Å²) in [5.74, 6) is 0.371. The summed E-state index contributed by atoms with van der Waals surface area (Å²) in [6.45, 7) is 13.1. The van der Waals surface area contributed by atoms with Gasteiger partial charge in [-0.2, -0.15) is 5.10 Å². The van der Waals surface area contributed by atoms with Crippen LogP contribution in [0.2, 0.25) is 0 Å². The monoisotopic (exact) mass is 296 g/mol. The van der Waals surface area contributed by atoms with E-state index in [0.29, 0.717) is 5.69 Å². The van der Waals surface area contributed by atoms with Gasteiger partial charge in [-0.1, -0.05) is 34.6 Å². The van der Waals surface area contributed by atoms with Crippen LogP contribution in [0.4, 0.5) is 5.69 Å². The van der Waals surface area contributed by atoms with Gasteiger partial charge in [0.15, 0.2) is 0 Å². The van der Waals surface area contributed by atoms with Gasteiger partial charge >= 0.3 is 5.69 Å². The zero-order valence-electron chi connectivity index (χ0n) is 14.2. The van der Waals surface area contributed by atoms with Crippen LogP contribution in [0.1, 0.15) is 64.8 Å². The molecular weight excluding hydrogens is 268 g/mol. The van der Waals surface area contributed by atoms with E-state index in [1.165, 1.54) is 0 Å². The van der Waals surface area contributed by atoms with Crippen molar-refractivity contribution in [1.82, 2.24) is 15.1 Å². The van der Waals surface area contributed by atoms with Crippen LogP contribution in [0.25, 0.3) is 0 Å². The largest absolute Gasteiger partial charge is 0.314 e. The van der Waals surface area contributed by atoms with Crippen LogP contribution in [-0.2, 0) is 7.05 Å². The normalized spacial score (nSPS) is 14.7. The average Bonchev–Trinajstić information content (AvgIpc) is 2.68. The first-order valence-electron chi connectivity index (χ1n) is 7.66. The van der Waals surface area contributed by atoms with Gasteiger partial charge in [0.25, 0.3) is 0 Å². The number of hydrogen-bond donors (Lipinski definition) is 1. The number of nitrogens with one attached hydrogen (secondary N) is 1. The molecular formula is C15H28N4O2. The molecule has 0 radical (unpaired) electrons. The summed E-state index contributed by atoms with van der Waals surface area (Å²) in [5, 5.41) is 19.4. The first kappa shape index (κ1) is 17.6. The minimum Gasteiger partial charge on any atom is -0.314 e. The molecule has 0 aromatic carbocycles. The Balaban J connectivity index is 3.47. The van der Waals surface area contributed by atoms with Crippen molar-refractivity contribution in [1.29, 1.82) is 0 Å². The Morgan fingerprint density at radius 2 is 1.86 bits per heavy atom. The predicted molar refractivity (Wildman–Crippen MR) is 84.7 cm³/mol. The molecule has 120 valence electrons. The molecule has 2 atom stereocenters. The van der Waals surface area contributed by atoms with Crippen molar-refractivity contribution in [2.45, 2.75) is 59.4 Å². The van der Waals surface area contributed by atoms with Gasteiger partial charge in [0.1, 0.15) is 11.4 Å². The lowest BCUT2D eigenvalue weighted by atomic mass is 9.85. The van der Waals surface area contributed by atoms with Crippen molar-refractivity contribution >= 4 is 5.69 Å². The maximum absolute atomic E-state index is 11.6. The molecule has 0 aliphatic carbocycles. The summed E-state index contributed by atoms with van der Waals surface area (Å²) < 4.78 is 1.70. The van der Waals surface area contributed by atoms with E-state index in [-0.39, 0.29) is 34.4 Å². The number of rotatable bonds is 7. The third kappa shape index (κ3) is 3.61. The second-order valence-corrected chi connectivity index (χ2v) is 6.27. The Hall–Kier alpha value is -1.43. The topological polar surface area (TPSA) is 73.0 Å². The fourth-order valence-electron chi connectivity index (χ4n) is 3.08. The molecule has 6 heteroatoms. The van der Waals surface area contributed by atoms with Crippen LogP contribution in [-0.4, -0.2) is 27.3 Å². The highest BCUT2D eigenvalue weighted by atomic mass is 16.6. The highest BCUT2D eigenvalue weighted by Gasteiger charge is 2.36. The van der Waals surface area contributed by atoms with Gasteiger partial charge in [-0.15, -0.1) is 0 Å². The van der Waals surface area contributed by atoms with E-state index in [1.54, 1.807) is 4.68 Å². The molecule has 2 unspecified atom stereocenters. The van der Waals surface area contributed by atoms with E-state index in [4.69, 9.17) is 0 Å². The van der Waals surface area contributed by atoms with Gasteiger partial charge in [-0.05, 0) is 19.4 Å². The second kappa shape index (κ2) is 7.02. The summed E-state index contributed by atoms with van der Waals surface area (Å²) in [6.07, 6.45) is 0. The van der Waals surface area contributed by atoms with Crippen molar-refractivity contribution in [3.63, 3.8) is 0 Å². The van der Waals surface area contributed by atoms with Gasteiger partial charge in [-0.3, -0.25) is 14.8 Å². The fourth-order valence-corrected chi connectivity index (χ4v) is 3.08. The lowest BCUT2D eigenvalue weighted by molar-refractivity contribution is -0.386. The molecule has 1 rings (SSSR count). The van der Waals surface area contributed by atoms with E-state index in [0.717, 1.165) is 12.2 Å². The molecule has 0 saturated heterocycles. The highest BCUT2D eigenvalue weighted by Crippen LogP contribution is 2.38. The molecule has 21 heavy (non-hydrogen) atoms. The minimum atomic E-state index is -0.272. The maximum atomic E-state index is 11.6. The zero-order valence-corrected chi connectivity index (χ0v) is 14.2. The molecule has 0 aliphatic rings. The predicted octanol–water partition coefficient (Wildman–Crippen LogP) is 3.19. The molecule has 0 bridgehead atoms. The molecule has 1 heterocycles.